The van der Waals surface area contributed by atoms with Crippen LogP contribution in [0.15, 0.2) is 0 Å². The second-order valence-electron chi connectivity index (χ2n) is 4.80. The second kappa shape index (κ2) is 5.64. The fourth-order valence-electron chi connectivity index (χ4n) is 2.62. The van der Waals surface area contributed by atoms with E-state index in [-0.39, 0.29) is 5.92 Å². The molecule has 2 heterocycles. The van der Waals surface area contributed by atoms with Crippen LogP contribution in [0.4, 0.5) is 0 Å². The topological polar surface area (TPSA) is 41.6 Å². The summed E-state index contributed by atoms with van der Waals surface area (Å²) in [5.41, 5.74) is 0. The molecule has 0 aliphatic carbocycles. The van der Waals surface area contributed by atoms with Crippen LogP contribution < -0.4 is 5.32 Å². The average Bonchev–Trinajstić information content (AvgIpc) is 2.39. The first kappa shape index (κ1) is 11.9. The largest absolute Gasteiger partial charge is 0.381 e. The van der Waals surface area contributed by atoms with Crippen LogP contribution in [0.3, 0.4) is 0 Å². The van der Waals surface area contributed by atoms with Crippen molar-refractivity contribution in [3.8, 4) is 0 Å². The molecule has 0 bridgehead atoms. The number of hydrogen-bond acceptors (Lipinski definition) is 3. The van der Waals surface area contributed by atoms with Crippen LogP contribution in [0.2, 0.25) is 0 Å². The smallest absolute Gasteiger partial charge is 0.225 e. The van der Waals surface area contributed by atoms with Crippen molar-refractivity contribution in [1.29, 1.82) is 0 Å². The predicted molar refractivity (Wildman–Crippen MR) is 62.2 cm³/mol. The number of rotatable bonds is 2. The van der Waals surface area contributed by atoms with E-state index in [1.54, 1.807) is 0 Å². The first-order valence-corrected chi connectivity index (χ1v) is 6.35. The van der Waals surface area contributed by atoms with Crippen LogP contribution in [0.5, 0.6) is 0 Å². The van der Waals surface area contributed by atoms with Crippen molar-refractivity contribution in [1.82, 2.24) is 10.2 Å². The highest BCUT2D eigenvalue weighted by atomic mass is 16.5. The molecule has 16 heavy (non-hydrogen) atoms. The molecule has 0 aromatic rings. The van der Waals surface area contributed by atoms with E-state index in [9.17, 15) is 4.79 Å². The molecule has 4 nitrogen and oxygen atoms in total. The van der Waals surface area contributed by atoms with E-state index < -0.39 is 0 Å². The van der Waals surface area contributed by atoms with Gasteiger partial charge in [0, 0.05) is 38.3 Å². The fraction of sp³-hybridized carbons (Fsp3) is 0.917. The Morgan fingerprint density at radius 2 is 2.06 bits per heavy atom. The number of likely N-dealkylation sites (N-methyl/N-ethyl adjacent to an activating group) is 1. The third kappa shape index (κ3) is 2.74. The van der Waals surface area contributed by atoms with Crippen molar-refractivity contribution in [3.05, 3.63) is 0 Å². The summed E-state index contributed by atoms with van der Waals surface area (Å²) < 4.78 is 5.30. The Balaban J connectivity index is 1.87. The number of carbonyl (C=O) groups is 1. The number of carbonyl (C=O) groups excluding carboxylic acids is 1. The molecule has 2 aliphatic heterocycles. The van der Waals surface area contributed by atoms with E-state index in [4.69, 9.17) is 4.74 Å². The zero-order chi connectivity index (χ0) is 11.4. The maximum Gasteiger partial charge on any atom is 0.225 e. The number of nitrogens with zero attached hydrogens (tertiary/aromatic N) is 1. The molecule has 2 fully saturated rings. The molecular weight excluding hydrogens is 204 g/mol. The minimum absolute atomic E-state index is 0.212. The highest BCUT2D eigenvalue weighted by Crippen LogP contribution is 2.20. The molecule has 1 atom stereocenters. The molecule has 1 N–H and O–H groups in total. The van der Waals surface area contributed by atoms with Gasteiger partial charge in [-0.05, 0) is 32.7 Å². The number of likely N-dealkylation sites (tertiary alicyclic amines) is 1. The summed E-state index contributed by atoms with van der Waals surface area (Å²) in [5, 5.41) is 3.27. The summed E-state index contributed by atoms with van der Waals surface area (Å²) in [6.07, 6.45) is 4.12. The van der Waals surface area contributed by atoms with Crippen LogP contribution in [-0.4, -0.2) is 50.2 Å². The summed E-state index contributed by atoms with van der Waals surface area (Å²) in [6.45, 7) is 3.32. The Bertz CT molecular complexity index is 239. The third-order valence-corrected chi connectivity index (χ3v) is 3.71. The third-order valence-electron chi connectivity index (χ3n) is 3.71. The van der Waals surface area contributed by atoms with Crippen LogP contribution in [-0.2, 0) is 9.53 Å². The lowest BCUT2D eigenvalue weighted by Crippen LogP contribution is -2.49. The molecule has 0 spiro atoms. The van der Waals surface area contributed by atoms with Gasteiger partial charge in [0.15, 0.2) is 0 Å². The molecule has 0 aromatic carbocycles. The molecule has 92 valence electrons. The monoisotopic (exact) mass is 226 g/mol. The SMILES string of the molecule is CNC1CCCN(C(=O)C2CCOCC2)C1. The quantitative estimate of drug-likeness (QED) is 0.750. The van der Waals surface area contributed by atoms with Gasteiger partial charge in [-0.25, -0.2) is 0 Å². The summed E-state index contributed by atoms with van der Waals surface area (Å²) in [5.74, 6) is 0.563. The molecule has 2 rings (SSSR count). The molecule has 4 heteroatoms. The van der Waals surface area contributed by atoms with Gasteiger partial charge in [-0.3, -0.25) is 4.79 Å². The van der Waals surface area contributed by atoms with Gasteiger partial charge in [0.2, 0.25) is 5.91 Å². The lowest BCUT2D eigenvalue weighted by atomic mass is 9.96. The molecule has 2 saturated heterocycles. The van der Waals surface area contributed by atoms with Crippen molar-refractivity contribution in [2.24, 2.45) is 5.92 Å². The average molecular weight is 226 g/mol. The van der Waals surface area contributed by atoms with Crippen LogP contribution >= 0.6 is 0 Å². The summed E-state index contributed by atoms with van der Waals surface area (Å²) in [4.78, 5) is 14.3. The lowest BCUT2D eigenvalue weighted by molar-refractivity contribution is -0.139. The minimum atomic E-state index is 0.212. The van der Waals surface area contributed by atoms with Crippen molar-refractivity contribution in [3.63, 3.8) is 0 Å². The Hall–Kier alpha value is -0.610. The summed E-state index contributed by atoms with van der Waals surface area (Å²) in [7, 11) is 1.98. The first-order chi connectivity index (χ1) is 7.81. The van der Waals surface area contributed by atoms with E-state index in [0.29, 0.717) is 11.9 Å². The Kier molecular flexibility index (Phi) is 4.18. The van der Waals surface area contributed by atoms with Gasteiger partial charge in [0.25, 0.3) is 0 Å². The van der Waals surface area contributed by atoms with E-state index >= 15 is 0 Å². The van der Waals surface area contributed by atoms with Gasteiger partial charge in [0.05, 0.1) is 0 Å². The van der Waals surface area contributed by atoms with Gasteiger partial charge in [-0.15, -0.1) is 0 Å². The van der Waals surface area contributed by atoms with Gasteiger partial charge < -0.3 is 15.0 Å². The fourth-order valence-corrected chi connectivity index (χ4v) is 2.62. The van der Waals surface area contributed by atoms with Gasteiger partial charge in [-0.2, -0.15) is 0 Å². The summed E-state index contributed by atoms with van der Waals surface area (Å²) >= 11 is 0. The zero-order valence-corrected chi connectivity index (χ0v) is 10.1. The number of ether oxygens (including phenoxy) is 1. The number of nitrogens with one attached hydrogen (secondary N) is 1. The maximum absolute atomic E-state index is 12.3. The van der Waals surface area contributed by atoms with Crippen molar-refractivity contribution in [2.45, 2.75) is 31.7 Å². The Labute approximate surface area is 97.3 Å². The summed E-state index contributed by atoms with van der Waals surface area (Å²) in [6, 6.07) is 0.484. The van der Waals surface area contributed by atoms with Crippen molar-refractivity contribution >= 4 is 5.91 Å². The van der Waals surface area contributed by atoms with Gasteiger partial charge in [-0.1, -0.05) is 0 Å². The Morgan fingerprint density at radius 3 is 2.75 bits per heavy atom. The van der Waals surface area contributed by atoms with Crippen molar-refractivity contribution in [2.75, 3.05) is 33.4 Å². The zero-order valence-electron chi connectivity index (χ0n) is 10.1. The molecule has 1 amide bonds. The maximum atomic E-state index is 12.3. The minimum Gasteiger partial charge on any atom is -0.381 e. The van der Waals surface area contributed by atoms with E-state index in [1.807, 2.05) is 11.9 Å². The second-order valence-corrected chi connectivity index (χ2v) is 4.80. The molecule has 0 saturated carbocycles. The first-order valence-electron chi connectivity index (χ1n) is 6.35. The Morgan fingerprint density at radius 1 is 1.31 bits per heavy atom. The highest BCUT2D eigenvalue weighted by Gasteiger charge is 2.29. The van der Waals surface area contributed by atoms with Crippen LogP contribution in [0.25, 0.3) is 0 Å². The number of hydrogen-bond donors (Lipinski definition) is 1. The van der Waals surface area contributed by atoms with Crippen LogP contribution in [0, 0.1) is 5.92 Å². The predicted octanol–water partition coefficient (Wildman–Crippen LogP) is 0.623. The molecule has 0 radical (unpaired) electrons. The van der Waals surface area contributed by atoms with E-state index in [0.717, 1.165) is 45.6 Å². The molecule has 2 aliphatic rings. The molecule has 0 aromatic heterocycles. The van der Waals surface area contributed by atoms with Gasteiger partial charge >= 0.3 is 0 Å². The lowest BCUT2D eigenvalue weighted by Gasteiger charge is -2.35. The highest BCUT2D eigenvalue weighted by molar-refractivity contribution is 5.79. The van der Waals surface area contributed by atoms with E-state index in [2.05, 4.69) is 5.32 Å². The van der Waals surface area contributed by atoms with Crippen molar-refractivity contribution < 1.29 is 9.53 Å². The number of piperidine rings is 1. The normalized spacial score (nSPS) is 28.1. The molecular formula is C12H22N2O2. The molecule has 1 unspecified atom stereocenters. The van der Waals surface area contributed by atoms with E-state index in [1.165, 1.54) is 6.42 Å². The number of amides is 1. The van der Waals surface area contributed by atoms with Gasteiger partial charge in [0.1, 0.15) is 0 Å². The standard InChI is InChI=1S/C12H22N2O2/c1-13-11-3-2-6-14(9-11)12(15)10-4-7-16-8-5-10/h10-11,13H,2-9H2,1H3. The van der Waals surface area contributed by atoms with Crippen LogP contribution in [0.1, 0.15) is 25.7 Å².